The average molecular weight is 148 g/mol. The van der Waals surface area contributed by atoms with Crippen LogP contribution in [0, 0.1) is 23.7 Å². The van der Waals surface area contributed by atoms with Crippen molar-refractivity contribution in [1.82, 2.24) is 0 Å². The van der Waals surface area contributed by atoms with Crippen LogP contribution in [0.4, 0.5) is 0 Å². The van der Waals surface area contributed by atoms with Crippen molar-refractivity contribution < 1.29 is 0 Å². The van der Waals surface area contributed by atoms with Crippen molar-refractivity contribution in [3.63, 3.8) is 0 Å². The SMILES string of the molecule is CC1CC2CC=C2C2CCC12. The molecular weight excluding hydrogens is 132 g/mol. The van der Waals surface area contributed by atoms with Crippen molar-refractivity contribution >= 4 is 0 Å². The molecular formula is C11H16. The molecule has 60 valence electrons. The third-order valence-corrected chi connectivity index (χ3v) is 4.25. The largest absolute Gasteiger partial charge is 0.0842 e. The topological polar surface area (TPSA) is 0 Å². The van der Waals surface area contributed by atoms with Crippen LogP contribution in [-0.4, -0.2) is 0 Å². The first-order valence-corrected chi connectivity index (χ1v) is 5.06. The van der Waals surface area contributed by atoms with Gasteiger partial charge in [-0.3, -0.25) is 0 Å². The van der Waals surface area contributed by atoms with Crippen molar-refractivity contribution in [3.8, 4) is 0 Å². The molecule has 0 spiro atoms. The third kappa shape index (κ3) is 0.660. The van der Waals surface area contributed by atoms with Crippen LogP contribution in [0.3, 0.4) is 0 Å². The van der Waals surface area contributed by atoms with Gasteiger partial charge in [0, 0.05) is 0 Å². The lowest BCUT2D eigenvalue weighted by atomic mass is 9.52. The molecule has 2 fully saturated rings. The van der Waals surface area contributed by atoms with Gasteiger partial charge in [-0.1, -0.05) is 18.6 Å². The fraction of sp³-hybridized carbons (Fsp3) is 0.818. The predicted molar refractivity (Wildman–Crippen MR) is 46.2 cm³/mol. The Hall–Kier alpha value is -0.260. The van der Waals surface area contributed by atoms with Gasteiger partial charge in [-0.15, -0.1) is 0 Å². The quantitative estimate of drug-likeness (QED) is 0.463. The minimum absolute atomic E-state index is 1.03. The second-order valence-corrected chi connectivity index (χ2v) is 4.70. The Balaban J connectivity index is 1.89. The molecule has 11 heavy (non-hydrogen) atoms. The van der Waals surface area contributed by atoms with Crippen molar-refractivity contribution in [3.05, 3.63) is 11.6 Å². The maximum Gasteiger partial charge on any atom is -0.0163 e. The zero-order chi connectivity index (χ0) is 7.42. The first-order chi connectivity index (χ1) is 5.36. The van der Waals surface area contributed by atoms with Gasteiger partial charge in [0.1, 0.15) is 0 Å². The van der Waals surface area contributed by atoms with Crippen molar-refractivity contribution in [2.24, 2.45) is 23.7 Å². The number of hydrogen-bond acceptors (Lipinski definition) is 0. The van der Waals surface area contributed by atoms with Gasteiger partial charge in [-0.05, 0) is 49.4 Å². The van der Waals surface area contributed by atoms with E-state index in [2.05, 4.69) is 13.0 Å². The normalized spacial score (nSPS) is 53.0. The summed E-state index contributed by atoms with van der Waals surface area (Å²) in [6.07, 6.45) is 8.45. The molecule has 0 amide bonds. The lowest BCUT2D eigenvalue weighted by molar-refractivity contribution is 0.0716. The maximum absolute atomic E-state index is 2.51. The van der Waals surface area contributed by atoms with E-state index in [0.717, 1.165) is 23.7 Å². The highest BCUT2D eigenvalue weighted by Gasteiger charge is 2.46. The number of allylic oxidation sites excluding steroid dienone is 2. The van der Waals surface area contributed by atoms with Crippen LogP contribution >= 0.6 is 0 Å². The van der Waals surface area contributed by atoms with Gasteiger partial charge in [0.15, 0.2) is 0 Å². The molecule has 0 nitrogen and oxygen atoms in total. The Labute approximate surface area is 68.7 Å². The van der Waals surface area contributed by atoms with Crippen molar-refractivity contribution in [2.75, 3.05) is 0 Å². The molecule has 3 aliphatic carbocycles. The molecule has 0 radical (unpaired) electrons. The zero-order valence-electron chi connectivity index (χ0n) is 7.22. The molecule has 0 aliphatic heterocycles. The fourth-order valence-corrected chi connectivity index (χ4v) is 3.35. The standard InChI is InChI=1S/C11H16/c1-7-6-8-2-3-10(8)11-5-4-9(7)11/h3,7-9,11H,2,4-6H2,1H3. The molecule has 4 atom stereocenters. The maximum atomic E-state index is 2.51. The lowest BCUT2D eigenvalue weighted by Crippen LogP contribution is -2.42. The summed E-state index contributed by atoms with van der Waals surface area (Å²) in [6, 6.07) is 0. The molecule has 0 N–H and O–H groups in total. The minimum Gasteiger partial charge on any atom is -0.0842 e. The second-order valence-electron chi connectivity index (χ2n) is 4.70. The smallest absolute Gasteiger partial charge is 0.0163 e. The minimum atomic E-state index is 1.03. The molecule has 2 saturated carbocycles. The van der Waals surface area contributed by atoms with E-state index in [0.29, 0.717) is 0 Å². The summed E-state index contributed by atoms with van der Waals surface area (Å²) in [7, 11) is 0. The third-order valence-electron chi connectivity index (χ3n) is 4.25. The molecule has 3 aliphatic rings. The van der Waals surface area contributed by atoms with Crippen molar-refractivity contribution in [2.45, 2.75) is 32.6 Å². The molecule has 0 bridgehead atoms. The van der Waals surface area contributed by atoms with E-state index in [1.807, 2.05) is 5.57 Å². The highest BCUT2D eigenvalue weighted by atomic mass is 14.5. The van der Waals surface area contributed by atoms with Crippen LogP contribution in [0.2, 0.25) is 0 Å². The van der Waals surface area contributed by atoms with Crippen LogP contribution < -0.4 is 0 Å². The molecule has 0 aromatic rings. The first-order valence-electron chi connectivity index (χ1n) is 5.06. The van der Waals surface area contributed by atoms with E-state index < -0.39 is 0 Å². The van der Waals surface area contributed by atoms with Crippen LogP contribution in [0.25, 0.3) is 0 Å². The Morgan fingerprint density at radius 3 is 2.82 bits per heavy atom. The summed E-state index contributed by atoms with van der Waals surface area (Å²) in [5, 5.41) is 0. The average Bonchev–Trinajstić information content (AvgIpc) is 1.88. The predicted octanol–water partition coefficient (Wildman–Crippen LogP) is 3.00. The molecule has 0 heteroatoms. The summed E-state index contributed by atoms with van der Waals surface area (Å²) in [6.45, 7) is 2.46. The van der Waals surface area contributed by atoms with Gasteiger partial charge >= 0.3 is 0 Å². The number of fused-ring (bicyclic) bond motifs is 3. The van der Waals surface area contributed by atoms with Gasteiger partial charge in [0.2, 0.25) is 0 Å². The molecule has 3 rings (SSSR count). The van der Waals surface area contributed by atoms with Crippen LogP contribution in [0.1, 0.15) is 32.6 Å². The highest BCUT2D eigenvalue weighted by molar-refractivity contribution is 5.27. The Morgan fingerprint density at radius 2 is 2.27 bits per heavy atom. The van der Waals surface area contributed by atoms with Gasteiger partial charge in [0.25, 0.3) is 0 Å². The molecule has 0 aromatic heterocycles. The highest BCUT2D eigenvalue weighted by Crippen LogP contribution is 2.56. The Morgan fingerprint density at radius 1 is 1.36 bits per heavy atom. The summed E-state index contributed by atoms with van der Waals surface area (Å²) in [5.74, 6) is 4.22. The van der Waals surface area contributed by atoms with Crippen LogP contribution in [0.5, 0.6) is 0 Å². The van der Waals surface area contributed by atoms with E-state index >= 15 is 0 Å². The lowest BCUT2D eigenvalue weighted by Gasteiger charge is -2.52. The summed E-state index contributed by atoms with van der Waals surface area (Å²) in [4.78, 5) is 0. The Bertz CT molecular complexity index is 214. The van der Waals surface area contributed by atoms with Gasteiger partial charge in [-0.25, -0.2) is 0 Å². The zero-order valence-corrected chi connectivity index (χ0v) is 7.22. The summed E-state index contributed by atoms with van der Waals surface area (Å²) in [5.41, 5.74) is 1.86. The van der Waals surface area contributed by atoms with Crippen LogP contribution in [0.15, 0.2) is 11.6 Å². The van der Waals surface area contributed by atoms with E-state index in [4.69, 9.17) is 0 Å². The van der Waals surface area contributed by atoms with Crippen LogP contribution in [-0.2, 0) is 0 Å². The molecule has 0 aromatic carbocycles. The number of rotatable bonds is 0. The fourth-order valence-electron chi connectivity index (χ4n) is 3.35. The molecule has 0 saturated heterocycles. The molecule has 4 unspecified atom stereocenters. The molecule has 0 heterocycles. The van der Waals surface area contributed by atoms with Gasteiger partial charge in [-0.2, -0.15) is 0 Å². The Kier molecular flexibility index (Phi) is 1.09. The van der Waals surface area contributed by atoms with E-state index in [9.17, 15) is 0 Å². The van der Waals surface area contributed by atoms with Crippen molar-refractivity contribution in [1.29, 1.82) is 0 Å². The second kappa shape index (κ2) is 1.91. The number of hydrogen-bond donors (Lipinski definition) is 0. The van der Waals surface area contributed by atoms with Gasteiger partial charge in [0.05, 0.1) is 0 Å². The van der Waals surface area contributed by atoms with E-state index in [1.165, 1.54) is 25.7 Å². The summed E-state index contributed by atoms with van der Waals surface area (Å²) >= 11 is 0. The van der Waals surface area contributed by atoms with E-state index in [1.54, 1.807) is 0 Å². The van der Waals surface area contributed by atoms with Gasteiger partial charge < -0.3 is 0 Å². The van der Waals surface area contributed by atoms with E-state index in [-0.39, 0.29) is 0 Å². The first kappa shape index (κ1) is 6.28. The summed E-state index contributed by atoms with van der Waals surface area (Å²) < 4.78 is 0. The monoisotopic (exact) mass is 148 g/mol.